The molecule has 6 heteroatoms. The number of para-hydroxylation sites is 3. The van der Waals surface area contributed by atoms with Crippen LogP contribution in [0.1, 0.15) is 0 Å². The van der Waals surface area contributed by atoms with Gasteiger partial charge in [-0.15, -0.1) is 0 Å². The summed E-state index contributed by atoms with van der Waals surface area (Å²) in [6.45, 7) is 0. The maximum atomic E-state index is 6.90. The molecule has 0 atom stereocenters. The lowest BCUT2D eigenvalue weighted by Gasteiger charge is -2.10. The minimum absolute atomic E-state index is 0.559. The van der Waals surface area contributed by atoms with E-state index in [-0.39, 0.29) is 0 Å². The summed E-state index contributed by atoms with van der Waals surface area (Å²) in [5, 5.41) is 6.23. The van der Waals surface area contributed by atoms with Gasteiger partial charge in [-0.2, -0.15) is 0 Å². The summed E-state index contributed by atoms with van der Waals surface area (Å²) in [5.74, 6) is 1.70. The summed E-state index contributed by atoms with van der Waals surface area (Å²) in [6.07, 6.45) is 0. The molecule has 4 heterocycles. The van der Waals surface area contributed by atoms with Crippen molar-refractivity contribution < 1.29 is 8.83 Å². The lowest BCUT2D eigenvalue weighted by Crippen LogP contribution is -2.00. The molecule has 0 radical (unpaired) electrons. The van der Waals surface area contributed by atoms with E-state index in [2.05, 4.69) is 132 Å². The molecule has 0 amide bonds. The SMILES string of the molecule is c1ccc(-c2ccc(-c3nc(-c4cccc5oc6ccccc6c45)nc(-c4cccc5oc6c(ccc7c8ccccc8n(-c8ccccc8)c76)c45)n3)cc2)cc1. The van der Waals surface area contributed by atoms with Crippen LogP contribution < -0.4 is 0 Å². The molecule has 266 valence electrons. The van der Waals surface area contributed by atoms with Crippen molar-refractivity contribution >= 4 is 65.7 Å². The summed E-state index contributed by atoms with van der Waals surface area (Å²) in [7, 11) is 0. The molecule has 6 nitrogen and oxygen atoms in total. The van der Waals surface area contributed by atoms with Crippen molar-refractivity contribution in [1.82, 2.24) is 19.5 Å². The Hall–Kier alpha value is -7.83. The molecule has 12 aromatic rings. The fourth-order valence-corrected chi connectivity index (χ4v) is 8.51. The number of benzene rings is 8. The fourth-order valence-electron chi connectivity index (χ4n) is 8.51. The Morgan fingerprint density at radius 1 is 0.351 bits per heavy atom. The lowest BCUT2D eigenvalue weighted by atomic mass is 10.0. The van der Waals surface area contributed by atoms with Crippen LogP contribution in [0.2, 0.25) is 0 Å². The number of furan rings is 2. The Balaban J connectivity index is 1.12. The minimum atomic E-state index is 0.559. The highest BCUT2D eigenvalue weighted by Crippen LogP contribution is 2.43. The summed E-state index contributed by atoms with van der Waals surface area (Å²) in [4.78, 5) is 15.7. The Kier molecular flexibility index (Phi) is 6.83. The molecule has 0 aliphatic heterocycles. The summed E-state index contributed by atoms with van der Waals surface area (Å²) in [6, 6.07) is 62.5. The first kappa shape index (κ1) is 31.5. The van der Waals surface area contributed by atoms with Gasteiger partial charge in [0.25, 0.3) is 0 Å². The van der Waals surface area contributed by atoms with Crippen LogP contribution in [-0.4, -0.2) is 19.5 Å². The van der Waals surface area contributed by atoms with Gasteiger partial charge in [-0.3, -0.25) is 0 Å². The zero-order valence-corrected chi connectivity index (χ0v) is 30.4. The van der Waals surface area contributed by atoms with Crippen LogP contribution in [0.15, 0.2) is 191 Å². The van der Waals surface area contributed by atoms with Crippen molar-refractivity contribution in [2.24, 2.45) is 0 Å². The van der Waals surface area contributed by atoms with Gasteiger partial charge in [0.2, 0.25) is 0 Å². The highest BCUT2D eigenvalue weighted by Gasteiger charge is 2.23. The van der Waals surface area contributed by atoms with E-state index in [9.17, 15) is 0 Å². The Bertz CT molecular complexity index is 3510. The van der Waals surface area contributed by atoms with E-state index in [0.717, 1.165) is 93.8 Å². The molecule has 0 saturated heterocycles. The van der Waals surface area contributed by atoms with Crippen molar-refractivity contribution in [2.45, 2.75) is 0 Å². The molecule has 0 aliphatic carbocycles. The van der Waals surface area contributed by atoms with Crippen molar-refractivity contribution in [2.75, 3.05) is 0 Å². The summed E-state index contributed by atoms with van der Waals surface area (Å²) >= 11 is 0. The normalized spacial score (nSPS) is 11.9. The van der Waals surface area contributed by atoms with Gasteiger partial charge in [-0.05, 0) is 53.6 Å². The van der Waals surface area contributed by atoms with Gasteiger partial charge in [0.05, 0.1) is 11.0 Å². The first-order valence-electron chi connectivity index (χ1n) is 19.0. The van der Waals surface area contributed by atoms with Crippen LogP contribution in [-0.2, 0) is 0 Å². The van der Waals surface area contributed by atoms with E-state index in [4.69, 9.17) is 23.8 Å². The number of hydrogen-bond acceptors (Lipinski definition) is 5. The van der Waals surface area contributed by atoms with Crippen molar-refractivity contribution in [3.63, 3.8) is 0 Å². The third-order valence-electron chi connectivity index (χ3n) is 11.1. The van der Waals surface area contributed by atoms with E-state index >= 15 is 0 Å². The third-order valence-corrected chi connectivity index (χ3v) is 11.1. The van der Waals surface area contributed by atoms with Gasteiger partial charge in [0.1, 0.15) is 16.7 Å². The first-order valence-corrected chi connectivity index (χ1v) is 19.0. The predicted molar refractivity (Wildman–Crippen MR) is 230 cm³/mol. The summed E-state index contributed by atoms with van der Waals surface area (Å²) in [5.41, 5.74) is 11.3. The van der Waals surface area contributed by atoms with Crippen LogP contribution in [0.3, 0.4) is 0 Å². The average Bonchev–Trinajstić information content (AvgIpc) is 3.97. The minimum Gasteiger partial charge on any atom is -0.456 e. The lowest BCUT2D eigenvalue weighted by molar-refractivity contribution is 0.669. The number of hydrogen-bond donors (Lipinski definition) is 0. The molecular formula is C51H30N4O2. The molecule has 0 bridgehead atoms. The van der Waals surface area contributed by atoms with Gasteiger partial charge in [-0.1, -0.05) is 140 Å². The monoisotopic (exact) mass is 730 g/mol. The number of fused-ring (bicyclic) bond motifs is 10. The zero-order valence-electron chi connectivity index (χ0n) is 30.4. The third kappa shape index (κ3) is 4.87. The topological polar surface area (TPSA) is 69.9 Å². The maximum absolute atomic E-state index is 6.90. The summed E-state index contributed by atoms with van der Waals surface area (Å²) < 4.78 is 15.5. The van der Waals surface area contributed by atoms with Gasteiger partial charge >= 0.3 is 0 Å². The van der Waals surface area contributed by atoms with Gasteiger partial charge in [0, 0.05) is 54.7 Å². The van der Waals surface area contributed by atoms with E-state index in [1.807, 2.05) is 54.6 Å². The van der Waals surface area contributed by atoms with Crippen LogP contribution in [0, 0.1) is 0 Å². The molecular weight excluding hydrogens is 701 g/mol. The molecule has 57 heavy (non-hydrogen) atoms. The van der Waals surface area contributed by atoms with Crippen LogP contribution in [0.4, 0.5) is 0 Å². The van der Waals surface area contributed by atoms with Crippen LogP contribution >= 0.6 is 0 Å². The van der Waals surface area contributed by atoms with Gasteiger partial charge in [0.15, 0.2) is 23.1 Å². The smallest absolute Gasteiger partial charge is 0.164 e. The number of nitrogens with zero attached hydrogens (tertiary/aromatic N) is 4. The predicted octanol–water partition coefficient (Wildman–Crippen LogP) is 13.4. The fraction of sp³-hybridized carbons (Fsp3) is 0. The molecule has 0 saturated carbocycles. The van der Waals surface area contributed by atoms with E-state index < -0.39 is 0 Å². The Morgan fingerprint density at radius 3 is 1.65 bits per heavy atom. The second kappa shape index (κ2) is 12.3. The van der Waals surface area contributed by atoms with Gasteiger partial charge in [-0.25, -0.2) is 15.0 Å². The highest BCUT2D eigenvalue weighted by molar-refractivity contribution is 6.23. The van der Waals surface area contributed by atoms with Crippen molar-refractivity contribution in [3.8, 4) is 51.0 Å². The second-order valence-electron chi connectivity index (χ2n) is 14.3. The Morgan fingerprint density at radius 2 is 0.895 bits per heavy atom. The quantitative estimate of drug-likeness (QED) is 0.176. The largest absolute Gasteiger partial charge is 0.456 e. The van der Waals surface area contributed by atoms with E-state index in [0.29, 0.717) is 17.5 Å². The molecule has 0 unspecified atom stereocenters. The van der Waals surface area contributed by atoms with Gasteiger partial charge < -0.3 is 13.4 Å². The van der Waals surface area contributed by atoms with Crippen molar-refractivity contribution in [1.29, 1.82) is 0 Å². The van der Waals surface area contributed by atoms with Crippen molar-refractivity contribution in [3.05, 3.63) is 182 Å². The van der Waals surface area contributed by atoms with E-state index in [1.165, 1.54) is 5.39 Å². The number of rotatable bonds is 5. The maximum Gasteiger partial charge on any atom is 0.164 e. The molecule has 12 rings (SSSR count). The molecule has 4 aromatic heterocycles. The molecule has 8 aromatic carbocycles. The second-order valence-corrected chi connectivity index (χ2v) is 14.3. The Labute approximate surface area is 325 Å². The zero-order chi connectivity index (χ0) is 37.5. The number of aromatic nitrogens is 4. The average molecular weight is 731 g/mol. The van der Waals surface area contributed by atoms with Crippen LogP contribution in [0.5, 0.6) is 0 Å². The first-order chi connectivity index (χ1) is 28.3. The molecule has 0 spiro atoms. The van der Waals surface area contributed by atoms with E-state index in [1.54, 1.807) is 0 Å². The highest BCUT2D eigenvalue weighted by atomic mass is 16.3. The molecule has 0 fully saturated rings. The molecule has 0 aliphatic rings. The standard InChI is InChI=1S/C51H30N4O2/c1-3-13-31(14-4-1)32-25-27-33(28-26-32)49-52-50(39-19-11-23-43-45(39)37-18-8-10-22-42(37)56-43)54-51(53-49)40-20-12-24-44-46(40)38-30-29-36-35-17-7-9-21-41(35)55(47(36)48(38)57-44)34-15-5-2-6-16-34/h1-30H. The van der Waals surface area contributed by atoms with Crippen LogP contribution in [0.25, 0.3) is 117 Å². The molecule has 0 N–H and O–H groups in total.